The van der Waals surface area contributed by atoms with Gasteiger partial charge in [-0.1, -0.05) is 12.1 Å². The number of tetrazole rings is 1. The van der Waals surface area contributed by atoms with Crippen molar-refractivity contribution in [3.8, 4) is 0 Å². The Kier molecular flexibility index (Phi) is 4.41. The van der Waals surface area contributed by atoms with Crippen molar-refractivity contribution in [1.82, 2.24) is 35.5 Å². The lowest BCUT2D eigenvalue weighted by Gasteiger charge is -2.27. The van der Waals surface area contributed by atoms with Crippen molar-refractivity contribution >= 4 is 16.9 Å². The van der Waals surface area contributed by atoms with Crippen LogP contribution in [0.25, 0.3) is 11.0 Å². The molecule has 1 aliphatic carbocycles. The lowest BCUT2D eigenvalue weighted by Crippen LogP contribution is -2.33. The molecule has 3 aromatic rings. The van der Waals surface area contributed by atoms with Crippen LogP contribution >= 0.6 is 0 Å². The van der Waals surface area contributed by atoms with Crippen LogP contribution in [-0.4, -0.2) is 42.6 Å². The largest absolute Gasteiger partial charge is 0.354 e. The molecule has 8 nitrogen and oxygen atoms in total. The molecule has 0 saturated heterocycles. The van der Waals surface area contributed by atoms with E-state index >= 15 is 0 Å². The molecule has 1 amide bonds. The highest BCUT2D eigenvalue weighted by atomic mass is 16.2. The molecule has 1 fully saturated rings. The molecule has 2 aromatic heterocycles. The van der Waals surface area contributed by atoms with Crippen LogP contribution in [0.4, 0.5) is 0 Å². The Morgan fingerprint density at radius 3 is 2.84 bits per heavy atom. The number of hydrogen-bond acceptors (Lipinski definition) is 5. The fraction of sp³-hybridized carbons (Fsp3) is 0.471. The minimum atomic E-state index is -0.0493. The van der Waals surface area contributed by atoms with Crippen LogP contribution in [0, 0.1) is 5.92 Å². The van der Waals surface area contributed by atoms with E-state index in [4.69, 9.17) is 4.98 Å². The third-order valence-corrected chi connectivity index (χ3v) is 4.93. The summed E-state index contributed by atoms with van der Waals surface area (Å²) in [6, 6.07) is 8.15. The molecule has 8 heteroatoms. The van der Waals surface area contributed by atoms with Crippen molar-refractivity contribution in [2.75, 3.05) is 6.54 Å². The lowest BCUT2D eigenvalue weighted by molar-refractivity contribution is -0.122. The van der Waals surface area contributed by atoms with Gasteiger partial charge in [-0.15, -0.1) is 5.10 Å². The smallest absolute Gasteiger partial charge is 0.241 e. The van der Waals surface area contributed by atoms with Gasteiger partial charge in [0, 0.05) is 12.5 Å². The quantitative estimate of drug-likeness (QED) is 0.736. The molecule has 0 radical (unpaired) electrons. The standard InChI is InChI=1S/C17H21N7O/c25-16(10-24-11-19-22-23-24)18-9-12-5-7-13(8-6-12)17-20-14-3-1-2-4-15(14)21-17/h1-4,11-13H,5-10H2,(H,18,25)(H,20,21). The molecule has 0 atom stereocenters. The zero-order valence-corrected chi connectivity index (χ0v) is 13.9. The summed E-state index contributed by atoms with van der Waals surface area (Å²) in [5.41, 5.74) is 2.14. The molecule has 2 heterocycles. The number of imidazole rings is 1. The molecule has 2 N–H and O–H groups in total. The molecule has 130 valence electrons. The van der Waals surface area contributed by atoms with Gasteiger partial charge in [-0.25, -0.2) is 9.67 Å². The normalized spacial score (nSPS) is 20.6. The second-order valence-corrected chi connectivity index (χ2v) is 6.67. The van der Waals surface area contributed by atoms with E-state index in [1.165, 1.54) is 11.0 Å². The number of para-hydroxylation sites is 2. The van der Waals surface area contributed by atoms with Crippen LogP contribution < -0.4 is 5.32 Å². The summed E-state index contributed by atoms with van der Waals surface area (Å²) < 4.78 is 1.42. The Morgan fingerprint density at radius 1 is 1.24 bits per heavy atom. The molecule has 0 spiro atoms. The molecular formula is C17H21N7O. The van der Waals surface area contributed by atoms with Gasteiger partial charge in [-0.05, 0) is 54.2 Å². The fourth-order valence-electron chi connectivity index (χ4n) is 3.52. The van der Waals surface area contributed by atoms with E-state index < -0.39 is 0 Å². The summed E-state index contributed by atoms with van der Waals surface area (Å²) in [4.78, 5) is 20.1. The van der Waals surface area contributed by atoms with Crippen molar-refractivity contribution in [2.45, 2.75) is 38.1 Å². The number of carbonyl (C=O) groups excluding carboxylic acids is 1. The number of carbonyl (C=O) groups is 1. The maximum atomic E-state index is 11.9. The average Bonchev–Trinajstić information content (AvgIpc) is 3.29. The first kappa shape index (κ1) is 15.7. The molecule has 0 unspecified atom stereocenters. The number of aromatic nitrogens is 6. The second kappa shape index (κ2) is 7.00. The number of nitrogens with one attached hydrogen (secondary N) is 2. The van der Waals surface area contributed by atoms with E-state index in [2.05, 4.69) is 31.9 Å². The highest BCUT2D eigenvalue weighted by Gasteiger charge is 2.24. The number of nitrogens with zero attached hydrogens (tertiary/aromatic N) is 5. The Morgan fingerprint density at radius 2 is 2.08 bits per heavy atom. The molecule has 1 aliphatic rings. The first-order valence-electron chi connectivity index (χ1n) is 8.70. The summed E-state index contributed by atoms with van der Waals surface area (Å²) in [6.45, 7) is 0.884. The monoisotopic (exact) mass is 339 g/mol. The van der Waals surface area contributed by atoms with Crippen molar-refractivity contribution in [1.29, 1.82) is 0 Å². The topological polar surface area (TPSA) is 101 Å². The molecule has 0 bridgehead atoms. The summed E-state index contributed by atoms with van der Waals surface area (Å²) in [5.74, 6) is 2.06. The van der Waals surface area contributed by atoms with Crippen LogP contribution in [0.15, 0.2) is 30.6 Å². The molecule has 4 rings (SSSR count). The third-order valence-electron chi connectivity index (χ3n) is 4.93. The van der Waals surface area contributed by atoms with Crippen molar-refractivity contribution in [3.05, 3.63) is 36.4 Å². The van der Waals surface area contributed by atoms with E-state index in [1.807, 2.05) is 18.2 Å². The first-order valence-corrected chi connectivity index (χ1v) is 8.70. The van der Waals surface area contributed by atoms with E-state index in [9.17, 15) is 4.79 Å². The first-order chi connectivity index (χ1) is 12.3. The molecule has 25 heavy (non-hydrogen) atoms. The molecule has 0 aliphatic heterocycles. The van der Waals surface area contributed by atoms with Crippen LogP contribution in [0.5, 0.6) is 0 Å². The van der Waals surface area contributed by atoms with Gasteiger partial charge >= 0.3 is 0 Å². The number of H-pyrrole nitrogens is 1. The summed E-state index contributed by atoms with van der Waals surface area (Å²) in [7, 11) is 0. The van der Waals surface area contributed by atoms with Gasteiger partial charge in [0.25, 0.3) is 0 Å². The van der Waals surface area contributed by atoms with Crippen LogP contribution in [-0.2, 0) is 11.3 Å². The van der Waals surface area contributed by atoms with Crippen LogP contribution in [0.2, 0.25) is 0 Å². The number of aromatic amines is 1. The maximum Gasteiger partial charge on any atom is 0.241 e. The van der Waals surface area contributed by atoms with Crippen molar-refractivity contribution < 1.29 is 4.79 Å². The number of fused-ring (bicyclic) bond motifs is 1. The van der Waals surface area contributed by atoms with Gasteiger partial charge in [0.15, 0.2) is 0 Å². The van der Waals surface area contributed by atoms with E-state index in [0.717, 1.165) is 42.5 Å². The van der Waals surface area contributed by atoms with Gasteiger partial charge in [0.05, 0.1) is 11.0 Å². The van der Waals surface area contributed by atoms with Crippen molar-refractivity contribution in [3.63, 3.8) is 0 Å². The Balaban J connectivity index is 1.26. The Labute approximate surface area is 145 Å². The number of benzene rings is 1. The van der Waals surface area contributed by atoms with Gasteiger partial charge in [0.2, 0.25) is 5.91 Å². The average molecular weight is 339 g/mol. The Hall–Kier alpha value is -2.77. The van der Waals surface area contributed by atoms with E-state index in [1.54, 1.807) is 0 Å². The van der Waals surface area contributed by atoms with Gasteiger partial charge in [-0.2, -0.15) is 0 Å². The lowest BCUT2D eigenvalue weighted by atomic mass is 9.81. The Bertz CT molecular complexity index is 801. The fourth-order valence-corrected chi connectivity index (χ4v) is 3.52. The minimum Gasteiger partial charge on any atom is -0.354 e. The predicted octanol–water partition coefficient (Wildman–Crippen LogP) is 1.64. The zero-order valence-electron chi connectivity index (χ0n) is 13.9. The van der Waals surface area contributed by atoms with Gasteiger partial charge in [0.1, 0.15) is 18.7 Å². The van der Waals surface area contributed by atoms with E-state index in [-0.39, 0.29) is 12.5 Å². The number of hydrogen-bond donors (Lipinski definition) is 2. The van der Waals surface area contributed by atoms with Gasteiger partial charge < -0.3 is 10.3 Å². The number of rotatable bonds is 5. The number of amides is 1. The van der Waals surface area contributed by atoms with Gasteiger partial charge in [-0.3, -0.25) is 4.79 Å². The summed E-state index contributed by atoms with van der Waals surface area (Å²) >= 11 is 0. The minimum absolute atomic E-state index is 0.0493. The summed E-state index contributed by atoms with van der Waals surface area (Å²) in [6.07, 6.45) is 5.86. The van der Waals surface area contributed by atoms with Crippen molar-refractivity contribution in [2.24, 2.45) is 5.92 Å². The SMILES string of the molecule is O=C(Cn1cnnn1)NCC1CCC(c2nc3ccccc3[nH]2)CC1. The zero-order chi connectivity index (χ0) is 17.1. The molecular weight excluding hydrogens is 318 g/mol. The van der Waals surface area contributed by atoms with Crippen LogP contribution in [0.3, 0.4) is 0 Å². The molecule has 1 aromatic carbocycles. The second-order valence-electron chi connectivity index (χ2n) is 6.67. The van der Waals surface area contributed by atoms with Crippen LogP contribution in [0.1, 0.15) is 37.4 Å². The highest BCUT2D eigenvalue weighted by Crippen LogP contribution is 2.34. The predicted molar refractivity (Wildman–Crippen MR) is 91.6 cm³/mol. The molecule has 1 saturated carbocycles. The third kappa shape index (κ3) is 3.67. The maximum absolute atomic E-state index is 11.9. The summed E-state index contributed by atoms with van der Waals surface area (Å²) in [5, 5.41) is 13.7. The highest BCUT2D eigenvalue weighted by molar-refractivity contribution is 5.75. The van der Waals surface area contributed by atoms with E-state index in [0.29, 0.717) is 18.4 Å².